The van der Waals surface area contributed by atoms with Crippen LogP contribution < -0.4 is 5.48 Å². The maximum atomic E-state index is 13.7. The van der Waals surface area contributed by atoms with Gasteiger partial charge in [-0.3, -0.25) is 4.79 Å². The van der Waals surface area contributed by atoms with Crippen LogP contribution in [0.5, 0.6) is 0 Å². The lowest BCUT2D eigenvalue weighted by Gasteiger charge is -2.41. The van der Waals surface area contributed by atoms with Crippen LogP contribution in [0.1, 0.15) is 77.6 Å². The third kappa shape index (κ3) is 7.11. The molecule has 9 nitrogen and oxygen atoms in total. The number of rotatable bonds is 12. The lowest BCUT2D eigenvalue weighted by molar-refractivity contribution is -0.202. The number of sulfonamides is 1. The number of unbranched alkanes of at least 4 members (excludes halogenated alkanes) is 1. The highest BCUT2D eigenvalue weighted by Crippen LogP contribution is 2.35. The van der Waals surface area contributed by atoms with Gasteiger partial charge in [0.05, 0.1) is 0 Å². The Bertz CT molecular complexity index is 683. The van der Waals surface area contributed by atoms with Gasteiger partial charge in [0.2, 0.25) is 10.0 Å². The third-order valence-electron chi connectivity index (χ3n) is 7.04. The first-order valence-corrected chi connectivity index (χ1v) is 14.2. The van der Waals surface area contributed by atoms with Gasteiger partial charge in [-0.2, -0.15) is 0 Å². The number of nitrogens with one attached hydrogen (secondary N) is 1. The van der Waals surface area contributed by atoms with Gasteiger partial charge in [-0.25, -0.2) is 23.0 Å². The summed E-state index contributed by atoms with van der Waals surface area (Å²) in [6, 6.07) is 0. The molecule has 1 unspecified atom stereocenters. The molecule has 0 radical (unpaired) electrons. The van der Waals surface area contributed by atoms with Gasteiger partial charge in [-0.05, 0) is 44.4 Å². The molecule has 0 saturated carbocycles. The molecule has 3 aliphatic heterocycles. The molecule has 33 heavy (non-hydrogen) atoms. The van der Waals surface area contributed by atoms with Crippen LogP contribution in [0.4, 0.5) is 0 Å². The van der Waals surface area contributed by atoms with E-state index in [9.17, 15) is 13.2 Å². The summed E-state index contributed by atoms with van der Waals surface area (Å²) >= 11 is 0. The molecule has 3 saturated heterocycles. The van der Waals surface area contributed by atoms with Gasteiger partial charge in [0, 0.05) is 65.4 Å². The van der Waals surface area contributed by atoms with E-state index in [2.05, 4.69) is 12.4 Å². The average molecular weight is 491 g/mol. The second-order valence-corrected chi connectivity index (χ2v) is 11.7. The molecular formula is C23H42N2O7S. The Morgan fingerprint density at radius 2 is 1.82 bits per heavy atom. The largest absolute Gasteiger partial charge is 0.381 e. The number of nitrogens with zero attached hydrogens (tertiary/aromatic N) is 1. The fourth-order valence-corrected chi connectivity index (χ4v) is 7.03. The summed E-state index contributed by atoms with van der Waals surface area (Å²) in [5, 5.41) is 0. The van der Waals surface area contributed by atoms with E-state index in [-0.39, 0.29) is 26.1 Å². The summed E-state index contributed by atoms with van der Waals surface area (Å²) < 4.78 is 43.9. The van der Waals surface area contributed by atoms with Gasteiger partial charge in [-0.1, -0.05) is 19.8 Å². The van der Waals surface area contributed by atoms with E-state index in [1.807, 2.05) is 0 Å². The number of carbonyl (C=O) groups is 1. The van der Waals surface area contributed by atoms with Crippen LogP contribution in [-0.4, -0.2) is 75.8 Å². The molecule has 3 rings (SSSR count). The summed E-state index contributed by atoms with van der Waals surface area (Å²) in [5.74, 6) is -0.0805. The van der Waals surface area contributed by atoms with E-state index in [0.717, 1.165) is 64.6 Å². The van der Waals surface area contributed by atoms with Gasteiger partial charge < -0.3 is 14.2 Å². The predicted molar refractivity (Wildman–Crippen MR) is 124 cm³/mol. The first kappa shape index (κ1) is 26.8. The predicted octanol–water partition coefficient (Wildman–Crippen LogP) is 2.75. The smallest absolute Gasteiger partial charge is 0.266 e. The SMILES string of the molecule is CCCOCCCCC1CCN(S(=O)(=O)C2(C(=O)NOC3CCCCO3)CCOCC2)CC1. The molecular weight excluding hydrogens is 448 g/mol. The first-order valence-electron chi connectivity index (χ1n) is 12.7. The Hall–Kier alpha value is -0.780. The molecule has 0 aromatic rings. The van der Waals surface area contributed by atoms with Gasteiger partial charge in [-0.15, -0.1) is 0 Å². The van der Waals surface area contributed by atoms with Gasteiger partial charge >= 0.3 is 0 Å². The molecule has 0 bridgehead atoms. The van der Waals surface area contributed by atoms with Crippen LogP contribution in [-0.2, 0) is 33.9 Å². The minimum atomic E-state index is -3.86. The minimum absolute atomic E-state index is 0.133. The van der Waals surface area contributed by atoms with Crippen molar-refractivity contribution < 1.29 is 32.3 Å². The first-order chi connectivity index (χ1) is 16.0. The second kappa shape index (κ2) is 13.3. The molecule has 0 aliphatic carbocycles. The van der Waals surface area contributed by atoms with E-state index >= 15 is 0 Å². The quantitative estimate of drug-likeness (QED) is 0.331. The maximum Gasteiger partial charge on any atom is 0.266 e. The number of hydroxylamine groups is 1. The van der Waals surface area contributed by atoms with E-state index in [1.165, 1.54) is 4.31 Å². The molecule has 3 heterocycles. The van der Waals surface area contributed by atoms with Crippen molar-refractivity contribution in [1.29, 1.82) is 0 Å². The van der Waals surface area contributed by atoms with Crippen LogP contribution in [0, 0.1) is 5.92 Å². The number of carbonyl (C=O) groups excluding carboxylic acids is 1. The van der Waals surface area contributed by atoms with Gasteiger partial charge in [0.15, 0.2) is 11.0 Å². The number of hydrogen-bond donors (Lipinski definition) is 1. The van der Waals surface area contributed by atoms with Crippen molar-refractivity contribution in [2.45, 2.75) is 88.6 Å². The van der Waals surface area contributed by atoms with Crippen molar-refractivity contribution in [3.63, 3.8) is 0 Å². The van der Waals surface area contributed by atoms with Gasteiger partial charge in [0.1, 0.15) is 0 Å². The lowest BCUT2D eigenvalue weighted by Crippen LogP contribution is -2.61. The molecule has 1 N–H and O–H groups in total. The summed E-state index contributed by atoms with van der Waals surface area (Å²) in [6.07, 6.45) is 8.29. The Morgan fingerprint density at radius 1 is 1.06 bits per heavy atom. The molecule has 3 fully saturated rings. The van der Waals surface area contributed by atoms with Crippen LogP contribution in [0.15, 0.2) is 0 Å². The molecule has 0 aromatic heterocycles. The van der Waals surface area contributed by atoms with Crippen LogP contribution in [0.25, 0.3) is 0 Å². The highest BCUT2D eigenvalue weighted by atomic mass is 32.2. The van der Waals surface area contributed by atoms with Crippen LogP contribution in [0.2, 0.25) is 0 Å². The third-order valence-corrected chi connectivity index (χ3v) is 9.67. The Labute approximate surface area is 198 Å². The maximum absolute atomic E-state index is 13.7. The standard InChI is InChI=1S/C23H42N2O7S/c1-2-15-29-16-5-3-7-20-9-13-25(14-10-20)33(27,28)23(11-18-30-19-12-23)22(26)24-32-21-8-4-6-17-31-21/h20-21H,2-19H2,1H3,(H,24,26). The number of amides is 1. The topological polar surface area (TPSA) is 103 Å². The van der Waals surface area contributed by atoms with Crippen molar-refractivity contribution in [2.24, 2.45) is 5.92 Å². The fourth-order valence-electron chi connectivity index (χ4n) is 4.89. The van der Waals surface area contributed by atoms with E-state index < -0.39 is 27.0 Å². The summed E-state index contributed by atoms with van der Waals surface area (Å²) in [5.41, 5.74) is 2.43. The molecule has 0 spiro atoms. The van der Waals surface area contributed by atoms with Crippen LogP contribution >= 0.6 is 0 Å². The van der Waals surface area contributed by atoms with Crippen molar-refractivity contribution >= 4 is 15.9 Å². The molecule has 1 amide bonds. The Balaban J connectivity index is 1.53. The fraction of sp³-hybridized carbons (Fsp3) is 0.957. The zero-order valence-electron chi connectivity index (χ0n) is 20.1. The number of piperidine rings is 1. The average Bonchev–Trinajstić information content (AvgIpc) is 2.86. The number of ether oxygens (including phenoxy) is 3. The zero-order chi connectivity index (χ0) is 23.6. The zero-order valence-corrected chi connectivity index (χ0v) is 20.9. The Kier molecular flexibility index (Phi) is 10.8. The highest BCUT2D eigenvalue weighted by Gasteiger charge is 2.54. The highest BCUT2D eigenvalue weighted by molar-refractivity contribution is 7.91. The van der Waals surface area contributed by atoms with Crippen molar-refractivity contribution in [1.82, 2.24) is 9.79 Å². The molecule has 0 aromatic carbocycles. The summed E-state index contributed by atoms with van der Waals surface area (Å²) in [4.78, 5) is 18.6. The molecule has 192 valence electrons. The van der Waals surface area contributed by atoms with Crippen molar-refractivity contribution in [3.05, 3.63) is 0 Å². The van der Waals surface area contributed by atoms with E-state index in [1.54, 1.807) is 0 Å². The molecule has 10 heteroatoms. The lowest BCUT2D eigenvalue weighted by atomic mass is 9.92. The van der Waals surface area contributed by atoms with E-state index in [0.29, 0.717) is 32.0 Å². The minimum Gasteiger partial charge on any atom is -0.381 e. The second-order valence-electron chi connectivity index (χ2n) is 9.41. The van der Waals surface area contributed by atoms with Crippen LogP contribution in [0.3, 0.4) is 0 Å². The van der Waals surface area contributed by atoms with Crippen molar-refractivity contribution in [2.75, 3.05) is 46.1 Å². The molecule has 3 aliphatic rings. The van der Waals surface area contributed by atoms with Gasteiger partial charge in [0.25, 0.3) is 5.91 Å². The monoisotopic (exact) mass is 490 g/mol. The Morgan fingerprint density at radius 3 is 2.48 bits per heavy atom. The van der Waals surface area contributed by atoms with E-state index in [4.69, 9.17) is 19.0 Å². The number of hydrogen-bond acceptors (Lipinski definition) is 7. The summed E-state index contributed by atoms with van der Waals surface area (Å²) in [7, 11) is -3.86. The normalized spacial score (nSPS) is 25.1. The van der Waals surface area contributed by atoms with Crippen molar-refractivity contribution in [3.8, 4) is 0 Å². The molecule has 1 atom stereocenters. The summed E-state index contributed by atoms with van der Waals surface area (Å²) in [6.45, 7) is 5.70.